The molecule has 0 aliphatic carbocycles. The van der Waals surface area contributed by atoms with Crippen LogP contribution < -0.4 is 16.4 Å². The zero-order valence-corrected chi connectivity index (χ0v) is 12.1. The molecule has 0 rings (SSSR count). The minimum atomic E-state index is -3.26. The van der Waals surface area contributed by atoms with Crippen molar-refractivity contribution < 1.29 is 27.9 Å². The molecule has 0 aliphatic rings. The first kappa shape index (κ1) is 18.2. The Kier molecular flexibility index (Phi) is 6.97. The van der Waals surface area contributed by atoms with Crippen LogP contribution in [0.5, 0.6) is 0 Å². The zero-order valence-electron chi connectivity index (χ0n) is 11.3. The van der Waals surface area contributed by atoms with Crippen molar-refractivity contribution in [2.24, 2.45) is 5.73 Å². The molecule has 0 saturated carbocycles. The second-order valence-electron chi connectivity index (χ2n) is 4.51. The van der Waals surface area contributed by atoms with E-state index in [4.69, 9.17) is 10.8 Å². The predicted octanol–water partition coefficient (Wildman–Crippen LogP) is -1.56. The third-order valence-corrected chi connectivity index (χ3v) is 3.32. The molecular weight excluding hydrogens is 290 g/mol. The highest BCUT2D eigenvalue weighted by atomic mass is 32.2. The lowest BCUT2D eigenvalue weighted by atomic mass is 10.1. The van der Waals surface area contributed by atoms with Gasteiger partial charge in [0.25, 0.3) is 0 Å². The van der Waals surface area contributed by atoms with Crippen LogP contribution in [0.2, 0.25) is 0 Å². The summed E-state index contributed by atoms with van der Waals surface area (Å²) >= 11 is 0. The summed E-state index contributed by atoms with van der Waals surface area (Å²) in [5, 5.41) is 13.3. The average molecular weight is 309 g/mol. The van der Waals surface area contributed by atoms with Gasteiger partial charge in [-0.2, -0.15) is 0 Å². The molecule has 0 aromatic rings. The van der Waals surface area contributed by atoms with Crippen molar-refractivity contribution in [1.29, 1.82) is 0 Å². The average Bonchev–Trinajstić information content (AvgIpc) is 2.20. The van der Waals surface area contributed by atoms with Crippen LogP contribution in [-0.2, 0) is 19.4 Å². The summed E-state index contributed by atoms with van der Waals surface area (Å²) < 4.78 is 22.0. The molecule has 0 saturated heterocycles. The van der Waals surface area contributed by atoms with E-state index in [1.165, 1.54) is 6.92 Å². The fraction of sp³-hybridized carbons (Fsp3) is 0.700. The molecule has 116 valence electrons. The first-order valence-electron chi connectivity index (χ1n) is 5.77. The molecular formula is C10H19N3O6S. The summed E-state index contributed by atoms with van der Waals surface area (Å²) in [7, 11) is -3.26. The minimum Gasteiger partial charge on any atom is -0.480 e. The Morgan fingerprint density at radius 2 is 1.80 bits per heavy atom. The molecule has 1 unspecified atom stereocenters. The van der Waals surface area contributed by atoms with Crippen LogP contribution in [0.3, 0.4) is 0 Å². The Bertz CT molecular complexity index is 475. The van der Waals surface area contributed by atoms with Crippen molar-refractivity contribution in [3.8, 4) is 0 Å². The molecule has 10 heteroatoms. The Morgan fingerprint density at radius 1 is 1.25 bits per heavy atom. The summed E-state index contributed by atoms with van der Waals surface area (Å²) in [5.74, 6) is -2.25. The van der Waals surface area contributed by atoms with Gasteiger partial charge in [-0.1, -0.05) is 0 Å². The molecule has 2 atom stereocenters. The van der Waals surface area contributed by atoms with Gasteiger partial charge in [-0.3, -0.25) is 4.79 Å². The maximum absolute atomic E-state index is 11.5. The second-order valence-corrected chi connectivity index (χ2v) is 6.69. The number of amides is 3. The Balaban J connectivity index is 4.39. The van der Waals surface area contributed by atoms with E-state index in [0.29, 0.717) is 0 Å². The summed E-state index contributed by atoms with van der Waals surface area (Å²) in [6.45, 7) is 1.47. The van der Waals surface area contributed by atoms with Crippen LogP contribution >= 0.6 is 0 Å². The number of nitrogens with two attached hydrogens (primary N) is 1. The van der Waals surface area contributed by atoms with Crippen LogP contribution in [0.1, 0.15) is 19.8 Å². The molecule has 0 aliphatic heterocycles. The predicted molar refractivity (Wildman–Crippen MR) is 70.7 cm³/mol. The van der Waals surface area contributed by atoms with Crippen molar-refractivity contribution in [2.75, 3.05) is 12.0 Å². The number of sulfone groups is 1. The maximum atomic E-state index is 11.5. The summed E-state index contributed by atoms with van der Waals surface area (Å²) in [6.07, 6.45) is 0.699. The normalized spacial score (nSPS) is 14.1. The molecule has 0 bridgehead atoms. The van der Waals surface area contributed by atoms with E-state index in [2.05, 4.69) is 10.6 Å². The molecule has 0 spiro atoms. The molecule has 0 heterocycles. The summed E-state index contributed by atoms with van der Waals surface area (Å²) in [6, 6.07) is -2.76. The highest BCUT2D eigenvalue weighted by Crippen LogP contribution is 1.98. The van der Waals surface area contributed by atoms with E-state index in [1.807, 2.05) is 0 Å². The van der Waals surface area contributed by atoms with Crippen LogP contribution in [0, 0.1) is 0 Å². The molecule has 0 aromatic heterocycles. The number of carboxylic acid groups (broad SMARTS) is 1. The van der Waals surface area contributed by atoms with Crippen molar-refractivity contribution >= 4 is 27.7 Å². The van der Waals surface area contributed by atoms with E-state index in [9.17, 15) is 22.8 Å². The van der Waals surface area contributed by atoms with E-state index in [-0.39, 0.29) is 18.6 Å². The Morgan fingerprint density at radius 3 is 2.20 bits per heavy atom. The Labute approximate surface area is 116 Å². The van der Waals surface area contributed by atoms with E-state index in [1.54, 1.807) is 0 Å². The topological polar surface area (TPSA) is 156 Å². The van der Waals surface area contributed by atoms with Gasteiger partial charge in [0.15, 0.2) is 0 Å². The molecule has 20 heavy (non-hydrogen) atoms. The van der Waals surface area contributed by atoms with E-state index in [0.717, 1.165) is 6.26 Å². The number of hydrogen-bond acceptors (Lipinski definition) is 5. The van der Waals surface area contributed by atoms with Gasteiger partial charge in [0.1, 0.15) is 15.9 Å². The number of carboxylic acids is 1. The number of rotatable bonds is 8. The van der Waals surface area contributed by atoms with Crippen LogP contribution in [0.15, 0.2) is 0 Å². The maximum Gasteiger partial charge on any atom is 0.326 e. The molecule has 0 radical (unpaired) electrons. The van der Waals surface area contributed by atoms with Gasteiger partial charge in [0, 0.05) is 18.7 Å². The number of aliphatic carboxylic acids is 1. The lowest BCUT2D eigenvalue weighted by Crippen LogP contribution is -2.49. The number of carbonyl (C=O) groups excluding carboxylic acids is 2. The highest BCUT2D eigenvalue weighted by molar-refractivity contribution is 7.90. The summed E-state index contributed by atoms with van der Waals surface area (Å²) in [5.41, 5.74) is 4.89. The fourth-order valence-corrected chi connectivity index (χ4v) is 2.46. The monoisotopic (exact) mass is 309 g/mol. The van der Waals surface area contributed by atoms with E-state index < -0.39 is 39.8 Å². The largest absolute Gasteiger partial charge is 0.480 e. The smallest absolute Gasteiger partial charge is 0.326 e. The quantitative estimate of drug-likeness (QED) is 0.425. The fourth-order valence-electron chi connectivity index (χ4n) is 1.46. The molecule has 0 aromatic carbocycles. The lowest BCUT2D eigenvalue weighted by molar-refractivity contribution is -0.139. The standard InChI is InChI=1S/C10H19N3O6S/c1-6(5-20(2,18)19)12-10(17)13-7(9(15)16)3-4-8(11)14/h6-7H,3-5H2,1-2H3,(H2,11,14)(H,15,16)(H2,12,13,17)/t6?,7-/m0/s1. The van der Waals surface area contributed by atoms with Gasteiger partial charge >= 0.3 is 12.0 Å². The number of urea groups is 1. The molecule has 3 amide bonds. The number of primary amides is 1. The van der Waals surface area contributed by atoms with Crippen molar-refractivity contribution in [2.45, 2.75) is 31.8 Å². The zero-order chi connectivity index (χ0) is 15.9. The van der Waals surface area contributed by atoms with Crippen LogP contribution in [0.25, 0.3) is 0 Å². The van der Waals surface area contributed by atoms with Gasteiger partial charge in [-0.15, -0.1) is 0 Å². The third-order valence-electron chi connectivity index (χ3n) is 2.21. The minimum absolute atomic E-state index is 0.140. The SMILES string of the molecule is CC(CS(C)(=O)=O)NC(=O)N[C@@H](CCC(N)=O)C(=O)O. The first-order chi connectivity index (χ1) is 9.01. The number of carbonyl (C=O) groups is 3. The molecule has 0 fully saturated rings. The van der Waals surface area contributed by atoms with Crippen molar-refractivity contribution in [1.82, 2.24) is 10.6 Å². The highest BCUT2D eigenvalue weighted by Gasteiger charge is 2.21. The lowest BCUT2D eigenvalue weighted by Gasteiger charge is -2.17. The van der Waals surface area contributed by atoms with Crippen LogP contribution in [0.4, 0.5) is 4.79 Å². The van der Waals surface area contributed by atoms with Gasteiger partial charge in [-0.05, 0) is 13.3 Å². The number of hydrogen-bond donors (Lipinski definition) is 4. The summed E-state index contributed by atoms with van der Waals surface area (Å²) in [4.78, 5) is 33.0. The number of nitrogens with one attached hydrogen (secondary N) is 2. The Hall–Kier alpha value is -1.84. The van der Waals surface area contributed by atoms with E-state index >= 15 is 0 Å². The second kappa shape index (κ2) is 7.68. The van der Waals surface area contributed by atoms with Crippen molar-refractivity contribution in [3.05, 3.63) is 0 Å². The van der Waals surface area contributed by atoms with Gasteiger partial charge in [0.2, 0.25) is 5.91 Å². The third kappa shape index (κ3) is 9.14. The van der Waals surface area contributed by atoms with Gasteiger partial charge < -0.3 is 21.5 Å². The van der Waals surface area contributed by atoms with Gasteiger partial charge in [0.05, 0.1) is 5.75 Å². The van der Waals surface area contributed by atoms with Gasteiger partial charge in [-0.25, -0.2) is 18.0 Å². The molecule has 9 nitrogen and oxygen atoms in total. The van der Waals surface area contributed by atoms with Crippen LogP contribution in [-0.4, -0.2) is 55.5 Å². The molecule has 5 N–H and O–H groups in total. The first-order valence-corrected chi connectivity index (χ1v) is 7.83. The van der Waals surface area contributed by atoms with Crippen molar-refractivity contribution in [3.63, 3.8) is 0 Å².